The first-order valence-electron chi connectivity index (χ1n) is 4.84. The normalized spacial score (nSPS) is 14.8. The van der Waals surface area contributed by atoms with Gasteiger partial charge in [0.15, 0.2) is 0 Å². The molecular weight excluding hydrogens is 210 g/mol. The average molecular weight is 221 g/mol. The molecule has 0 saturated carbocycles. The third-order valence-corrected chi connectivity index (χ3v) is 2.39. The van der Waals surface area contributed by atoms with E-state index in [4.69, 9.17) is 9.47 Å². The monoisotopic (exact) mass is 221 g/mol. The molecule has 1 aromatic carbocycles. The van der Waals surface area contributed by atoms with E-state index in [0.29, 0.717) is 30.2 Å². The van der Waals surface area contributed by atoms with Gasteiger partial charge in [-0.2, -0.15) is 0 Å². The van der Waals surface area contributed by atoms with Crippen LogP contribution in [-0.2, 0) is 4.74 Å². The molecule has 1 fully saturated rings. The van der Waals surface area contributed by atoms with Crippen LogP contribution in [0, 0.1) is 0 Å². The lowest BCUT2D eigenvalue weighted by Gasteiger charge is -2.16. The molecule has 0 atom stereocenters. The summed E-state index contributed by atoms with van der Waals surface area (Å²) in [6.45, 7) is 0.824. The smallest absolute Gasteiger partial charge is 0.414 e. The Labute approximate surface area is 92.6 Å². The van der Waals surface area contributed by atoms with E-state index < -0.39 is 6.09 Å². The largest absolute Gasteiger partial charge is 0.495 e. The van der Waals surface area contributed by atoms with Gasteiger partial charge in [-0.05, 0) is 18.2 Å². The summed E-state index contributed by atoms with van der Waals surface area (Å²) in [6, 6.07) is 4.90. The molecule has 1 amide bonds. The molecule has 1 saturated heterocycles. The second-order valence-corrected chi connectivity index (χ2v) is 3.32. The van der Waals surface area contributed by atoms with Gasteiger partial charge in [-0.3, -0.25) is 9.69 Å². The minimum Gasteiger partial charge on any atom is -0.495 e. The van der Waals surface area contributed by atoms with E-state index in [1.54, 1.807) is 18.2 Å². The van der Waals surface area contributed by atoms with Gasteiger partial charge in [0.25, 0.3) is 0 Å². The number of ether oxygens (including phenoxy) is 2. The van der Waals surface area contributed by atoms with Crippen molar-refractivity contribution in [1.82, 2.24) is 0 Å². The van der Waals surface area contributed by atoms with E-state index >= 15 is 0 Å². The molecule has 5 heteroatoms. The van der Waals surface area contributed by atoms with Gasteiger partial charge >= 0.3 is 6.09 Å². The van der Waals surface area contributed by atoms with Crippen LogP contribution in [0.25, 0.3) is 0 Å². The van der Waals surface area contributed by atoms with Crippen LogP contribution in [0.5, 0.6) is 5.75 Å². The highest BCUT2D eigenvalue weighted by Gasteiger charge is 2.26. The van der Waals surface area contributed by atoms with Crippen LogP contribution in [0.3, 0.4) is 0 Å². The highest BCUT2D eigenvalue weighted by molar-refractivity contribution is 5.92. The van der Waals surface area contributed by atoms with Crippen molar-refractivity contribution < 1.29 is 19.1 Å². The minimum absolute atomic E-state index is 0.354. The van der Waals surface area contributed by atoms with Crippen molar-refractivity contribution in [2.24, 2.45) is 0 Å². The Kier molecular flexibility index (Phi) is 2.76. The Morgan fingerprint density at radius 2 is 2.31 bits per heavy atom. The molecule has 0 N–H and O–H groups in total. The van der Waals surface area contributed by atoms with Crippen LogP contribution in [0.15, 0.2) is 18.2 Å². The zero-order valence-corrected chi connectivity index (χ0v) is 8.80. The van der Waals surface area contributed by atoms with Crippen molar-refractivity contribution in [2.75, 3.05) is 25.2 Å². The number of aldehydes is 1. The maximum absolute atomic E-state index is 11.4. The second-order valence-electron chi connectivity index (χ2n) is 3.32. The van der Waals surface area contributed by atoms with Crippen molar-refractivity contribution in [2.45, 2.75) is 0 Å². The number of rotatable bonds is 3. The topological polar surface area (TPSA) is 55.8 Å². The highest BCUT2D eigenvalue weighted by atomic mass is 16.6. The number of benzene rings is 1. The Bertz CT molecular complexity index is 430. The zero-order valence-electron chi connectivity index (χ0n) is 8.80. The first kappa shape index (κ1) is 10.5. The molecular formula is C11H11NO4. The minimum atomic E-state index is -0.415. The summed E-state index contributed by atoms with van der Waals surface area (Å²) in [5.41, 5.74) is 1.06. The molecule has 1 aliphatic heterocycles. The van der Waals surface area contributed by atoms with Crippen LogP contribution < -0.4 is 9.64 Å². The summed E-state index contributed by atoms with van der Waals surface area (Å²) in [6.07, 6.45) is 0.311. The van der Waals surface area contributed by atoms with Crippen LogP contribution in [-0.4, -0.2) is 32.6 Å². The van der Waals surface area contributed by atoms with Gasteiger partial charge in [-0.1, -0.05) is 0 Å². The van der Waals surface area contributed by atoms with Crippen molar-refractivity contribution in [3.05, 3.63) is 23.8 Å². The Morgan fingerprint density at radius 1 is 1.50 bits per heavy atom. The first-order valence-corrected chi connectivity index (χ1v) is 4.84. The van der Waals surface area contributed by atoms with Gasteiger partial charge in [0.1, 0.15) is 18.6 Å². The number of carbonyl (C=O) groups is 2. The number of methoxy groups -OCH3 is 1. The molecule has 1 aliphatic rings. The molecule has 0 bridgehead atoms. The second kappa shape index (κ2) is 4.22. The van der Waals surface area contributed by atoms with E-state index in [1.807, 2.05) is 0 Å². The summed E-state index contributed by atoms with van der Waals surface area (Å²) >= 11 is 0. The third-order valence-electron chi connectivity index (χ3n) is 2.39. The van der Waals surface area contributed by atoms with E-state index in [-0.39, 0.29) is 0 Å². The molecule has 0 aliphatic carbocycles. The molecule has 84 valence electrons. The first-order chi connectivity index (χ1) is 7.76. The molecule has 1 heterocycles. The lowest BCUT2D eigenvalue weighted by atomic mass is 10.2. The average Bonchev–Trinajstić information content (AvgIpc) is 2.74. The van der Waals surface area contributed by atoms with Crippen molar-refractivity contribution in [3.8, 4) is 5.75 Å². The maximum Gasteiger partial charge on any atom is 0.414 e. The number of nitrogens with zero attached hydrogens (tertiary/aromatic N) is 1. The molecule has 0 spiro atoms. The van der Waals surface area contributed by atoms with E-state index in [2.05, 4.69) is 0 Å². The summed E-state index contributed by atoms with van der Waals surface area (Å²) in [5.74, 6) is 0.546. The van der Waals surface area contributed by atoms with E-state index in [9.17, 15) is 9.59 Å². The Balaban J connectivity index is 2.43. The van der Waals surface area contributed by atoms with Crippen molar-refractivity contribution in [1.29, 1.82) is 0 Å². The standard InChI is InChI=1S/C11H11NO4/c1-15-10-3-2-8(7-13)6-9(10)12-4-5-16-11(12)14/h2-3,6-7H,4-5H2,1H3. The van der Waals surface area contributed by atoms with Gasteiger partial charge in [0, 0.05) is 5.56 Å². The number of anilines is 1. The lowest BCUT2D eigenvalue weighted by molar-refractivity contribution is 0.112. The fourth-order valence-corrected chi connectivity index (χ4v) is 1.60. The van der Waals surface area contributed by atoms with E-state index in [0.717, 1.165) is 6.29 Å². The van der Waals surface area contributed by atoms with Gasteiger partial charge in [0.2, 0.25) is 0 Å². The van der Waals surface area contributed by atoms with Crippen LogP contribution in [0.1, 0.15) is 10.4 Å². The molecule has 0 radical (unpaired) electrons. The molecule has 0 unspecified atom stereocenters. The Morgan fingerprint density at radius 3 is 2.88 bits per heavy atom. The SMILES string of the molecule is COc1ccc(C=O)cc1N1CCOC1=O. The van der Waals surface area contributed by atoms with Gasteiger partial charge in [0.05, 0.1) is 19.3 Å². The van der Waals surface area contributed by atoms with Crippen LogP contribution in [0.2, 0.25) is 0 Å². The van der Waals surface area contributed by atoms with Crippen LogP contribution in [0.4, 0.5) is 10.5 Å². The molecule has 2 rings (SSSR count). The maximum atomic E-state index is 11.4. The van der Waals surface area contributed by atoms with Gasteiger partial charge in [-0.25, -0.2) is 4.79 Å². The summed E-state index contributed by atoms with van der Waals surface area (Å²) in [7, 11) is 1.51. The summed E-state index contributed by atoms with van der Waals surface area (Å²) in [5, 5.41) is 0. The number of hydrogen-bond acceptors (Lipinski definition) is 4. The zero-order chi connectivity index (χ0) is 11.5. The fourth-order valence-electron chi connectivity index (χ4n) is 1.60. The number of carbonyl (C=O) groups excluding carboxylic acids is 2. The number of hydrogen-bond donors (Lipinski definition) is 0. The lowest BCUT2D eigenvalue weighted by Crippen LogP contribution is -2.24. The predicted octanol–water partition coefficient (Wildman–Crippen LogP) is 1.46. The molecule has 0 aromatic heterocycles. The summed E-state index contributed by atoms with van der Waals surface area (Å²) < 4.78 is 9.98. The Hall–Kier alpha value is -2.04. The molecule has 1 aromatic rings. The van der Waals surface area contributed by atoms with E-state index in [1.165, 1.54) is 12.0 Å². The van der Waals surface area contributed by atoms with Crippen molar-refractivity contribution in [3.63, 3.8) is 0 Å². The van der Waals surface area contributed by atoms with Crippen molar-refractivity contribution >= 4 is 18.1 Å². The summed E-state index contributed by atoms with van der Waals surface area (Å²) in [4.78, 5) is 23.5. The quantitative estimate of drug-likeness (QED) is 0.725. The predicted molar refractivity (Wildman–Crippen MR) is 57.1 cm³/mol. The van der Waals surface area contributed by atoms with Gasteiger partial charge in [-0.15, -0.1) is 0 Å². The fraction of sp³-hybridized carbons (Fsp3) is 0.273. The van der Waals surface area contributed by atoms with Gasteiger partial charge < -0.3 is 9.47 Å². The number of amides is 1. The molecule has 16 heavy (non-hydrogen) atoms. The van der Waals surface area contributed by atoms with Crippen LogP contribution >= 0.6 is 0 Å². The highest BCUT2D eigenvalue weighted by Crippen LogP contribution is 2.30. The molecule has 5 nitrogen and oxygen atoms in total. The third kappa shape index (κ3) is 1.71. The number of cyclic esters (lactones) is 1.